The highest BCUT2D eigenvalue weighted by Gasteiger charge is 2.19. The highest BCUT2D eigenvalue weighted by Crippen LogP contribution is 2.39. The average Bonchev–Trinajstić information content (AvgIpc) is 2.62. The van der Waals surface area contributed by atoms with Gasteiger partial charge >= 0.3 is 0 Å². The summed E-state index contributed by atoms with van der Waals surface area (Å²) in [6, 6.07) is 16.0. The van der Waals surface area contributed by atoms with E-state index in [-0.39, 0.29) is 0 Å². The normalized spacial score (nSPS) is 12.5. The molecule has 1 heterocycles. The van der Waals surface area contributed by atoms with E-state index in [1.807, 2.05) is 37.3 Å². The molecule has 25 heavy (non-hydrogen) atoms. The van der Waals surface area contributed by atoms with Crippen LogP contribution in [0.1, 0.15) is 12.5 Å². The standard InChI is InChI=1S/C20H17ClN2O2/c1-3-25-17-11-13(10-14(21)19(17)24-2)20-22-15-8-4-6-12-7-5-9-16(23-20)18(12)15/h4-11H,3H2,1-2H3,(H,22,23). The maximum absolute atomic E-state index is 6.38. The number of halogens is 1. The van der Waals surface area contributed by atoms with Crippen molar-refractivity contribution >= 4 is 39.6 Å². The second-order valence-electron chi connectivity index (χ2n) is 5.69. The summed E-state index contributed by atoms with van der Waals surface area (Å²) in [4.78, 5) is 4.78. The zero-order valence-electron chi connectivity index (χ0n) is 14.0. The first-order valence-corrected chi connectivity index (χ1v) is 8.47. The fourth-order valence-electron chi connectivity index (χ4n) is 3.10. The fourth-order valence-corrected chi connectivity index (χ4v) is 3.38. The van der Waals surface area contributed by atoms with E-state index < -0.39 is 0 Å². The predicted octanol–water partition coefficient (Wildman–Crippen LogP) is 5.40. The Morgan fingerprint density at radius 2 is 1.92 bits per heavy atom. The molecular weight excluding hydrogens is 336 g/mol. The Balaban J connectivity index is 1.86. The number of amidine groups is 1. The first kappa shape index (κ1) is 15.8. The van der Waals surface area contributed by atoms with Crippen LogP contribution in [0, 0.1) is 0 Å². The molecule has 0 saturated carbocycles. The minimum Gasteiger partial charge on any atom is -0.491 e. The number of nitrogens with one attached hydrogen (secondary N) is 1. The molecule has 4 nitrogen and oxygen atoms in total. The second-order valence-corrected chi connectivity index (χ2v) is 6.10. The summed E-state index contributed by atoms with van der Waals surface area (Å²) in [5, 5.41) is 6.18. The van der Waals surface area contributed by atoms with Gasteiger partial charge in [0, 0.05) is 16.6 Å². The van der Waals surface area contributed by atoms with E-state index in [0.717, 1.165) is 33.5 Å². The maximum atomic E-state index is 6.38. The lowest BCUT2D eigenvalue weighted by Gasteiger charge is -2.20. The molecule has 0 aromatic heterocycles. The second kappa shape index (κ2) is 6.30. The van der Waals surface area contributed by atoms with Gasteiger partial charge in [-0.2, -0.15) is 0 Å². The van der Waals surface area contributed by atoms with Gasteiger partial charge in [-0.25, -0.2) is 4.99 Å². The van der Waals surface area contributed by atoms with E-state index in [4.69, 9.17) is 26.1 Å². The molecule has 0 spiro atoms. The van der Waals surface area contributed by atoms with Gasteiger partial charge in [-0.05, 0) is 36.6 Å². The van der Waals surface area contributed by atoms with Gasteiger partial charge in [0.1, 0.15) is 5.84 Å². The third-order valence-electron chi connectivity index (χ3n) is 4.15. The molecular formula is C20H17ClN2O2. The first-order chi connectivity index (χ1) is 12.2. The molecule has 0 unspecified atom stereocenters. The van der Waals surface area contributed by atoms with Crippen molar-refractivity contribution < 1.29 is 9.47 Å². The molecule has 1 aliphatic rings. The number of rotatable bonds is 4. The number of aliphatic imine (C=N–C) groups is 1. The molecule has 0 radical (unpaired) electrons. The molecule has 5 heteroatoms. The molecule has 1 aliphatic heterocycles. The molecule has 126 valence electrons. The summed E-state index contributed by atoms with van der Waals surface area (Å²) in [6.07, 6.45) is 0. The van der Waals surface area contributed by atoms with E-state index in [9.17, 15) is 0 Å². The van der Waals surface area contributed by atoms with Gasteiger partial charge in [0.15, 0.2) is 11.5 Å². The van der Waals surface area contributed by atoms with Gasteiger partial charge in [0.25, 0.3) is 0 Å². The number of anilines is 1. The van der Waals surface area contributed by atoms with Crippen molar-refractivity contribution in [3.05, 3.63) is 59.1 Å². The molecule has 3 aromatic rings. The molecule has 0 amide bonds. The average molecular weight is 353 g/mol. The quantitative estimate of drug-likeness (QED) is 0.683. The third-order valence-corrected chi connectivity index (χ3v) is 4.44. The summed E-state index contributed by atoms with van der Waals surface area (Å²) in [5.74, 6) is 1.87. The van der Waals surface area contributed by atoms with E-state index >= 15 is 0 Å². The van der Waals surface area contributed by atoms with Gasteiger partial charge < -0.3 is 14.8 Å². The number of hydrogen-bond donors (Lipinski definition) is 1. The van der Waals surface area contributed by atoms with Crippen molar-refractivity contribution in [1.29, 1.82) is 0 Å². The van der Waals surface area contributed by atoms with Crippen LogP contribution in [0.3, 0.4) is 0 Å². The lowest BCUT2D eigenvalue weighted by molar-refractivity contribution is 0.311. The van der Waals surface area contributed by atoms with Crippen molar-refractivity contribution in [3.8, 4) is 11.5 Å². The van der Waals surface area contributed by atoms with Crippen molar-refractivity contribution in [3.63, 3.8) is 0 Å². The number of hydrogen-bond acceptors (Lipinski definition) is 4. The highest BCUT2D eigenvalue weighted by molar-refractivity contribution is 6.33. The Bertz CT molecular complexity index is 993. The summed E-state index contributed by atoms with van der Waals surface area (Å²) in [5.41, 5.74) is 2.82. The first-order valence-electron chi connectivity index (χ1n) is 8.09. The zero-order valence-corrected chi connectivity index (χ0v) is 14.7. The highest BCUT2D eigenvalue weighted by atomic mass is 35.5. The topological polar surface area (TPSA) is 42.8 Å². The van der Waals surface area contributed by atoms with Crippen LogP contribution in [-0.2, 0) is 0 Å². The minimum atomic E-state index is 0.491. The zero-order chi connectivity index (χ0) is 17.4. The molecule has 1 N–H and O–H groups in total. The summed E-state index contributed by atoms with van der Waals surface area (Å²) >= 11 is 6.38. The van der Waals surface area contributed by atoms with Crippen molar-refractivity contribution in [1.82, 2.24) is 0 Å². The third kappa shape index (κ3) is 2.68. The van der Waals surface area contributed by atoms with Crippen molar-refractivity contribution in [2.24, 2.45) is 4.99 Å². The van der Waals surface area contributed by atoms with Crippen LogP contribution in [0.25, 0.3) is 10.8 Å². The SMILES string of the molecule is CCOc1cc(C2=Nc3cccc4cccc(c34)N2)cc(Cl)c1OC. The summed E-state index contributed by atoms with van der Waals surface area (Å²) < 4.78 is 11.0. The van der Waals surface area contributed by atoms with Crippen LogP contribution in [0.4, 0.5) is 11.4 Å². The van der Waals surface area contributed by atoms with Crippen LogP contribution in [0.2, 0.25) is 5.02 Å². The summed E-state index contributed by atoms with van der Waals surface area (Å²) in [6.45, 7) is 2.45. The minimum absolute atomic E-state index is 0.491. The van der Waals surface area contributed by atoms with Crippen molar-refractivity contribution in [2.45, 2.75) is 6.92 Å². The van der Waals surface area contributed by atoms with E-state index in [0.29, 0.717) is 23.1 Å². The molecule has 0 fully saturated rings. The summed E-state index contributed by atoms with van der Waals surface area (Å²) in [7, 11) is 1.58. The monoisotopic (exact) mass is 352 g/mol. The Labute approximate surface area is 151 Å². The number of methoxy groups -OCH3 is 1. The number of ether oxygens (including phenoxy) is 2. The van der Waals surface area contributed by atoms with E-state index in [2.05, 4.69) is 23.5 Å². The predicted molar refractivity (Wildman–Crippen MR) is 103 cm³/mol. The van der Waals surface area contributed by atoms with Crippen molar-refractivity contribution in [2.75, 3.05) is 19.0 Å². The van der Waals surface area contributed by atoms with Gasteiger partial charge in [0.2, 0.25) is 0 Å². The van der Waals surface area contributed by atoms with Gasteiger partial charge in [-0.3, -0.25) is 0 Å². The van der Waals surface area contributed by atoms with Crippen LogP contribution in [-0.4, -0.2) is 19.6 Å². The Morgan fingerprint density at radius 1 is 1.12 bits per heavy atom. The lowest BCUT2D eigenvalue weighted by Crippen LogP contribution is -2.16. The Kier molecular flexibility index (Phi) is 3.98. The van der Waals surface area contributed by atoms with Gasteiger partial charge in [0.05, 0.1) is 24.4 Å². The van der Waals surface area contributed by atoms with Gasteiger partial charge in [-0.1, -0.05) is 35.9 Å². The lowest BCUT2D eigenvalue weighted by atomic mass is 10.0. The molecule has 0 aliphatic carbocycles. The van der Waals surface area contributed by atoms with E-state index in [1.54, 1.807) is 7.11 Å². The van der Waals surface area contributed by atoms with E-state index in [1.165, 1.54) is 0 Å². The van der Waals surface area contributed by atoms with Crippen LogP contribution >= 0.6 is 11.6 Å². The van der Waals surface area contributed by atoms with Crippen LogP contribution in [0.15, 0.2) is 53.5 Å². The number of benzene rings is 3. The number of nitrogens with zero attached hydrogens (tertiary/aromatic N) is 1. The molecule has 4 rings (SSSR count). The molecule has 0 atom stereocenters. The Morgan fingerprint density at radius 3 is 2.68 bits per heavy atom. The Hall–Kier alpha value is -2.72. The van der Waals surface area contributed by atoms with Gasteiger partial charge in [-0.15, -0.1) is 0 Å². The van der Waals surface area contributed by atoms with Crippen LogP contribution in [0.5, 0.6) is 11.5 Å². The molecule has 0 saturated heterocycles. The molecule has 3 aromatic carbocycles. The smallest absolute Gasteiger partial charge is 0.179 e. The van der Waals surface area contributed by atoms with Crippen LogP contribution < -0.4 is 14.8 Å². The maximum Gasteiger partial charge on any atom is 0.179 e. The largest absolute Gasteiger partial charge is 0.491 e. The molecule has 0 bridgehead atoms. The fraction of sp³-hybridized carbons (Fsp3) is 0.150.